The Labute approximate surface area is 209 Å². The molecule has 2 aliphatic rings. The summed E-state index contributed by atoms with van der Waals surface area (Å²) in [5, 5.41) is 6.57. The van der Waals surface area contributed by atoms with E-state index in [-0.39, 0.29) is 25.5 Å². The summed E-state index contributed by atoms with van der Waals surface area (Å²) in [5.41, 5.74) is -1.17. The van der Waals surface area contributed by atoms with Crippen LogP contribution in [0, 0.1) is 17.8 Å². The number of ether oxygens (including phenoxy) is 3. The van der Waals surface area contributed by atoms with Gasteiger partial charge in [0, 0.05) is 29.3 Å². The summed E-state index contributed by atoms with van der Waals surface area (Å²) < 4.78 is 16.0. The van der Waals surface area contributed by atoms with Crippen molar-refractivity contribution >= 4 is 34.8 Å². The number of amides is 2. The van der Waals surface area contributed by atoms with E-state index in [2.05, 4.69) is 15.6 Å². The summed E-state index contributed by atoms with van der Waals surface area (Å²) in [6.07, 6.45) is -0.742. The van der Waals surface area contributed by atoms with E-state index in [1.165, 1.54) is 0 Å². The fourth-order valence-electron chi connectivity index (χ4n) is 5.37. The van der Waals surface area contributed by atoms with E-state index in [0.29, 0.717) is 5.69 Å². The summed E-state index contributed by atoms with van der Waals surface area (Å²) in [6, 6.07) is 8.66. The van der Waals surface area contributed by atoms with Crippen molar-refractivity contribution in [1.29, 1.82) is 0 Å². The molecule has 2 aromatic rings. The molecule has 2 amide bonds. The van der Waals surface area contributed by atoms with Crippen molar-refractivity contribution in [3.05, 3.63) is 36.0 Å². The predicted octanol–water partition coefficient (Wildman–Crippen LogP) is 2.92. The molecule has 10 heteroatoms. The molecule has 194 valence electrons. The number of hydrogen-bond acceptors (Lipinski definition) is 7. The number of aromatic amines is 1. The van der Waals surface area contributed by atoms with Crippen LogP contribution in [0.1, 0.15) is 51.5 Å². The van der Waals surface area contributed by atoms with Crippen LogP contribution in [0.5, 0.6) is 0 Å². The summed E-state index contributed by atoms with van der Waals surface area (Å²) in [7, 11) is 0. The maximum absolute atomic E-state index is 13.3. The molecule has 0 bridgehead atoms. The van der Waals surface area contributed by atoms with Gasteiger partial charge in [0.1, 0.15) is 16.8 Å². The number of hydrogen-bond donors (Lipinski definition) is 3. The minimum absolute atomic E-state index is 0.0578. The highest BCUT2D eigenvalue weighted by Crippen LogP contribution is 2.63. The van der Waals surface area contributed by atoms with E-state index >= 15 is 0 Å². The van der Waals surface area contributed by atoms with Gasteiger partial charge in [-0.25, -0.2) is 9.59 Å². The zero-order valence-electron chi connectivity index (χ0n) is 21.2. The molecule has 4 unspecified atom stereocenters. The number of H-pyrrole nitrogens is 1. The van der Waals surface area contributed by atoms with E-state index in [9.17, 15) is 19.2 Å². The first-order valence-corrected chi connectivity index (χ1v) is 12.2. The number of esters is 2. The number of alkyl carbamates (subject to hydrolysis) is 1. The van der Waals surface area contributed by atoms with Crippen molar-refractivity contribution in [1.82, 2.24) is 15.6 Å². The van der Waals surface area contributed by atoms with Gasteiger partial charge in [-0.3, -0.25) is 9.59 Å². The van der Waals surface area contributed by atoms with Crippen LogP contribution >= 0.6 is 0 Å². The number of carbonyl (C=O) groups excluding carboxylic acids is 4. The Bertz CT molecular complexity index is 1150. The van der Waals surface area contributed by atoms with E-state index in [1.54, 1.807) is 40.7 Å². The molecule has 5 atom stereocenters. The first-order chi connectivity index (χ1) is 17.0. The Hall–Kier alpha value is -3.56. The monoisotopic (exact) mass is 499 g/mol. The van der Waals surface area contributed by atoms with Crippen LogP contribution in [-0.4, -0.2) is 59.3 Å². The topological polar surface area (TPSA) is 136 Å². The highest BCUT2D eigenvalue weighted by atomic mass is 16.6. The molecule has 1 aromatic carbocycles. The average molecular weight is 500 g/mol. The van der Waals surface area contributed by atoms with Gasteiger partial charge in [0.15, 0.2) is 0 Å². The number of rotatable bonds is 7. The molecule has 3 N–H and O–H groups in total. The van der Waals surface area contributed by atoms with Crippen LogP contribution in [0.2, 0.25) is 0 Å². The Morgan fingerprint density at radius 2 is 1.78 bits per heavy atom. The van der Waals surface area contributed by atoms with E-state index in [1.807, 2.05) is 24.3 Å². The number of aromatic nitrogens is 1. The van der Waals surface area contributed by atoms with Gasteiger partial charge >= 0.3 is 18.0 Å². The molecule has 2 aliphatic carbocycles. The lowest BCUT2D eigenvalue weighted by atomic mass is 9.88. The molecule has 0 aliphatic heterocycles. The lowest BCUT2D eigenvalue weighted by Gasteiger charge is -2.33. The van der Waals surface area contributed by atoms with Gasteiger partial charge in [-0.2, -0.15) is 0 Å². The van der Waals surface area contributed by atoms with Crippen LogP contribution in [0.4, 0.5) is 4.79 Å². The third-order valence-corrected chi connectivity index (χ3v) is 6.66. The van der Waals surface area contributed by atoms with E-state index in [0.717, 1.165) is 10.9 Å². The normalized spacial score (nSPS) is 26.6. The molecule has 36 heavy (non-hydrogen) atoms. The van der Waals surface area contributed by atoms with Crippen LogP contribution in [-0.2, 0) is 23.8 Å². The number of fused-ring (bicyclic) bond motifs is 2. The van der Waals surface area contributed by atoms with Crippen molar-refractivity contribution in [3.8, 4) is 0 Å². The van der Waals surface area contributed by atoms with Crippen molar-refractivity contribution in [2.75, 3.05) is 13.2 Å². The molecule has 0 radical (unpaired) electrons. The molecule has 10 nitrogen and oxygen atoms in total. The molecular weight excluding hydrogens is 466 g/mol. The minimum Gasteiger partial charge on any atom is -0.466 e. The highest BCUT2D eigenvalue weighted by molar-refractivity contribution is 5.98. The molecule has 2 saturated carbocycles. The second kappa shape index (κ2) is 9.48. The Balaban J connectivity index is 1.63. The highest BCUT2D eigenvalue weighted by Gasteiger charge is 2.76. The second-order valence-corrected chi connectivity index (χ2v) is 10.3. The molecule has 0 saturated heterocycles. The smallest absolute Gasteiger partial charge is 0.408 e. The van der Waals surface area contributed by atoms with E-state index < -0.39 is 53.0 Å². The standard InChI is InChI=1S/C26H33N3O7/c1-6-34-22(31)19-18-17(28-21(30)16-12-14-10-8-9-11-15(14)27-16)13-26(20(18)19,23(32)35-7-2)29-24(33)36-25(3,4)5/h8-12,17-20,27H,6-7,13H2,1-5H3,(H,28,30)(H,29,33)/t17?,18?,19-,20?,26?/m0/s1. The van der Waals surface area contributed by atoms with Crippen molar-refractivity contribution < 1.29 is 33.4 Å². The van der Waals surface area contributed by atoms with E-state index in [4.69, 9.17) is 14.2 Å². The maximum atomic E-state index is 13.3. The summed E-state index contributed by atoms with van der Waals surface area (Å²) in [5.74, 6) is -3.20. The van der Waals surface area contributed by atoms with Gasteiger partial charge in [-0.1, -0.05) is 18.2 Å². The zero-order valence-corrected chi connectivity index (χ0v) is 21.2. The molecule has 1 heterocycles. The number of nitrogens with one attached hydrogen (secondary N) is 3. The largest absolute Gasteiger partial charge is 0.466 e. The first kappa shape index (κ1) is 25.5. The third kappa shape index (κ3) is 4.76. The van der Waals surface area contributed by atoms with Gasteiger partial charge in [-0.05, 0) is 52.7 Å². The van der Waals surface area contributed by atoms with Crippen LogP contribution in [0.25, 0.3) is 10.9 Å². The number of carbonyl (C=O) groups is 4. The fourth-order valence-corrected chi connectivity index (χ4v) is 5.37. The maximum Gasteiger partial charge on any atom is 0.408 e. The zero-order chi connectivity index (χ0) is 26.3. The Kier molecular flexibility index (Phi) is 6.72. The third-order valence-electron chi connectivity index (χ3n) is 6.66. The second-order valence-electron chi connectivity index (χ2n) is 10.3. The van der Waals surface area contributed by atoms with Crippen LogP contribution in [0.3, 0.4) is 0 Å². The molecule has 2 fully saturated rings. The van der Waals surface area contributed by atoms with Gasteiger partial charge in [0.25, 0.3) is 5.91 Å². The molecule has 1 aromatic heterocycles. The molecule has 4 rings (SSSR count). The number of para-hydroxylation sites is 1. The average Bonchev–Trinajstić information content (AvgIpc) is 3.26. The summed E-state index contributed by atoms with van der Waals surface area (Å²) in [6.45, 7) is 8.75. The summed E-state index contributed by atoms with van der Waals surface area (Å²) >= 11 is 0. The van der Waals surface area contributed by atoms with Gasteiger partial charge < -0.3 is 29.8 Å². The minimum atomic E-state index is -1.54. The van der Waals surface area contributed by atoms with Crippen LogP contribution < -0.4 is 10.6 Å². The lowest BCUT2D eigenvalue weighted by Crippen LogP contribution is -2.59. The van der Waals surface area contributed by atoms with Gasteiger partial charge in [-0.15, -0.1) is 0 Å². The summed E-state index contributed by atoms with van der Waals surface area (Å²) in [4.78, 5) is 55.1. The van der Waals surface area contributed by atoms with Crippen molar-refractivity contribution in [2.45, 2.75) is 58.2 Å². The van der Waals surface area contributed by atoms with Crippen molar-refractivity contribution in [3.63, 3.8) is 0 Å². The molecular formula is C26H33N3O7. The fraction of sp³-hybridized carbons (Fsp3) is 0.538. The lowest BCUT2D eigenvalue weighted by molar-refractivity contribution is -0.153. The van der Waals surface area contributed by atoms with Crippen molar-refractivity contribution in [2.24, 2.45) is 17.8 Å². The predicted molar refractivity (Wildman–Crippen MR) is 130 cm³/mol. The Morgan fingerprint density at radius 1 is 1.08 bits per heavy atom. The first-order valence-electron chi connectivity index (χ1n) is 12.2. The van der Waals surface area contributed by atoms with Gasteiger partial charge in [0.2, 0.25) is 0 Å². The quantitative estimate of drug-likeness (QED) is 0.394. The SMILES string of the molecule is CCOC(=O)[C@H]1C2C(NC(=O)c3cc4ccccc4[nH]3)CC(NC(=O)OC(C)(C)C)(C(=O)OCC)C21. The number of benzene rings is 1. The van der Waals surface area contributed by atoms with Crippen LogP contribution in [0.15, 0.2) is 30.3 Å². The molecule has 0 spiro atoms. The van der Waals surface area contributed by atoms with Gasteiger partial charge in [0.05, 0.1) is 19.1 Å². The Morgan fingerprint density at radius 3 is 2.42 bits per heavy atom.